The molecule has 7 heteroatoms. The Labute approximate surface area is 115 Å². The number of nitrogens with one attached hydrogen (secondary N) is 1. The third-order valence-corrected chi connectivity index (χ3v) is 3.72. The first-order chi connectivity index (χ1) is 9.49. The Morgan fingerprint density at radius 3 is 2.75 bits per heavy atom. The Bertz CT molecular complexity index is 534. The van der Waals surface area contributed by atoms with Crippen molar-refractivity contribution in [1.29, 1.82) is 0 Å². The molecule has 2 N–H and O–H groups in total. The highest BCUT2D eigenvalue weighted by Crippen LogP contribution is 2.34. The molecule has 1 amide bonds. The van der Waals surface area contributed by atoms with E-state index >= 15 is 0 Å². The van der Waals surface area contributed by atoms with Gasteiger partial charge in [0.15, 0.2) is 0 Å². The molecule has 1 aromatic carbocycles. The maximum absolute atomic E-state index is 12.0. The molecule has 1 aliphatic rings. The number of methoxy groups -OCH3 is 1. The highest BCUT2D eigenvalue weighted by Gasteiger charge is 2.37. The molecule has 0 bridgehead atoms. The number of nitro groups is 1. The first kappa shape index (κ1) is 14.3. The molecule has 1 aliphatic carbocycles. The number of hydrogen-bond acceptors (Lipinski definition) is 5. The average molecular weight is 280 g/mol. The molecule has 1 aromatic rings. The average Bonchev–Trinajstić information content (AvgIpc) is 2.37. The Morgan fingerprint density at radius 1 is 1.55 bits per heavy atom. The molecule has 0 spiro atoms. The van der Waals surface area contributed by atoms with Crippen molar-refractivity contribution in [2.45, 2.75) is 24.9 Å². The van der Waals surface area contributed by atoms with E-state index in [2.05, 4.69) is 5.32 Å². The highest BCUT2D eigenvalue weighted by molar-refractivity contribution is 5.98. The van der Waals surface area contributed by atoms with Crippen molar-refractivity contribution in [2.75, 3.05) is 13.7 Å². The summed E-state index contributed by atoms with van der Waals surface area (Å²) in [4.78, 5) is 22.0. The number of carbonyl (C=O) groups excluding carboxylic acids is 1. The summed E-state index contributed by atoms with van der Waals surface area (Å²) in [6, 6.07) is 3.86. The van der Waals surface area contributed by atoms with Crippen LogP contribution in [-0.2, 0) is 4.74 Å². The minimum absolute atomic E-state index is 0.107. The van der Waals surface area contributed by atoms with E-state index in [0.717, 1.165) is 25.3 Å². The number of phenols is 1. The van der Waals surface area contributed by atoms with Gasteiger partial charge in [-0.05, 0) is 25.3 Å². The van der Waals surface area contributed by atoms with Crippen molar-refractivity contribution in [3.8, 4) is 5.75 Å². The van der Waals surface area contributed by atoms with E-state index in [4.69, 9.17) is 4.74 Å². The van der Waals surface area contributed by atoms with Crippen LogP contribution in [0.4, 0.5) is 5.69 Å². The summed E-state index contributed by atoms with van der Waals surface area (Å²) in [5, 5.41) is 23.1. The second-order valence-electron chi connectivity index (χ2n) is 4.85. The fraction of sp³-hybridized carbons (Fsp3) is 0.462. The van der Waals surface area contributed by atoms with Crippen molar-refractivity contribution in [3.63, 3.8) is 0 Å². The molecule has 0 aromatic heterocycles. The van der Waals surface area contributed by atoms with Crippen LogP contribution in [0.2, 0.25) is 0 Å². The monoisotopic (exact) mass is 280 g/mol. The predicted octanol–water partition coefficient (Wildman–Crippen LogP) is 1.60. The van der Waals surface area contributed by atoms with Crippen molar-refractivity contribution < 1.29 is 19.6 Å². The smallest absolute Gasteiger partial charge is 0.311 e. The van der Waals surface area contributed by atoms with Crippen molar-refractivity contribution >= 4 is 11.6 Å². The lowest BCUT2D eigenvalue weighted by Crippen LogP contribution is -2.49. The summed E-state index contributed by atoms with van der Waals surface area (Å²) < 4.78 is 5.37. The van der Waals surface area contributed by atoms with Crippen LogP contribution in [0.1, 0.15) is 29.6 Å². The first-order valence-corrected chi connectivity index (χ1v) is 6.29. The summed E-state index contributed by atoms with van der Waals surface area (Å²) >= 11 is 0. The molecule has 20 heavy (non-hydrogen) atoms. The number of hydrogen-bond donors (Lipinski definition) is 2. The van der Waals surface area contributed by atoms with Crippen molar-refractivity contribution in [1.82, 2.24) is 5.32 Å². The molecular formula is C13H16N2O5. The van der Waals surface area contributed by atoms with Gasteiger partial charge in [-0.15, -0.1) is 0 Å². The lowest BCUT2D eigenvalue weighted by molar-refractivity contribution is -0.385. The van der Waals surface area contributed by atoms with Gasteiger partial charge in [-0.1, -0.05) is 6.07 Å². The van der Waals surface area contributed by atoms with E-state index in [9.17, 15) is 20.0 Å². The van der Waals surface area contributed by atoms with E-state index in [1.807, 2.05) is 0 Å². The van der Waals surface area contributed by atoms with E-state index in [-0.39, 0.29) is 11.2 Å². The number of nitrogens with zero attached hydrogens (tertiary/aromatic N) is 1. The van der Waals surface area contributed by atoms with Crippen LogP contribution >= 0.6 is 0 Å². The summed E-state index contributed by atoms with van der Waals surface area (Å²) in [5.74, 6) is -1.16. The minimum atomic E-state index is -0.727. The second-order valence-corrected chi connectivity index (χ2v) is 4.85. The van der Waals surface area contributed by atoms with Gasteiger partial charge in [0, 0.05) is 19.7 Å². The molecule has 108 valence electrons. The van der Waals surface area contributed by atoms with Crippen molar-refractivity contribution in [2.24, 2.45) is 0 Å². The Morgan fingerprint density at radius 2 is 2.25 bits per heavy atom. The maximum atomic E-state index is 12.0. The van der Waals surface area contributed by atoms with Gasteiger partial charge in [-0.2, -0.15) is 0 Å². The summed E-state index contributed by atoms with van der Waals surface area (Å²) in [6.07, 6.45) is 2.78. The molecule has 0 aliphatic heterocycles. The molecule has 2 rings (SSSR count). The van der Waals surface area contributed by atoms with Gasteiger partial charge in [-0.3, -0.25) is 14.9 Å². The molecule has 1 saturated carbocycles. The molecule has 0 atom stereocenters. The van der Waals surface area contributed by atoms with Crippen LogP contribution in [-0.4, -0.2) is 35.2 Å². The first-order valence-electron chi connectivity index (χ1n) is 6.29. The van der Waals surface area contributed by atoms with Crippen LogP contribution in [0.15, 0.2) is 18.2 Å². The zero-order valence-electron chi connectivity index (χ0n) is 11.1. The van der Waals surface area contributed by atoms with E-state index in [1.165, 1.54) is 12.1 Å². The molecule has 0 unspecified atom stereocenters. The predicted molar refractivity (Wildman–Crippen MR) is 70.7 cm³/mol. The van der Waals surface area contributed by atoms with Crippen LogP contribution in [0.3, 0.4) is 0 Å². The molecule has 0 radical (unpaired) electrons. The SMILES string of the molecule is COC1(CNC(=O)c2cccc([N+](=O)[O-])c2O)CCC1. The largest absolute Gasteiger partial charge is 0.502 e. The number of rotatable bonds is 5. The van der Waals surface area contributed by atoms with E-state index in [1.54, 1.807) is 7.11 Å². The number of aromatic hydroxyl groups is 1. The standard InChI is InChI=1S/C13H16N2O5/c1-20-13(6-3-7-13)8-14-12(17)9-4-2-5-10(11(9)16)15(18)19/h2,4-5,16H,3,6-8H2,1H3,(H,14,17). The number of carbonyl (C=O) groups is 1. The topological polar surface area (TPSA) is 102 Å². The van der Waals surface area contributed by atoms with Crippen molar-refractivity contribution in [3.05, 3.63) is 33.9 Å². The normalized spacial score (nSPS) is 16.2. The summed E-state index contributed by atoms with van der Waals surface area (Å²) in [6.45, 7) is 0.324. The van der Waals surface area contributed by atoms with Gasteiger partial charge in [-0.25, -0.2) is 0 Å². The van der Waals surface area contributed by atoms with Crippen LogP contribution in [0, 0.1) is 10.1 Å². The number of nitro benzene ring substituents is 1. The van der Waals surface area contributed by atoms with E-state index < -0.39 is 22.3 Å². The lowest BCUT2D eigenvalue weighted by Gasteiger charge is -2.40. The molecule has 1 fully saturated rings. The van der Waals surface area contributed by atoms with E-state index in [0.29, 0.717) is 6.54 Å². The maximum Gasteiger partial charge on any atom is 0.311 e. The third-order valence-electron chi connectivity index (χ3n) is 3.72. The zero-order chi connectivity index (χ0) is 14.8. The summed E-state index contributed by atoms with van der Waals surface area (Å²) in [7, 11) is 1.59. The fourth-order valence-electron chi connectivity index (χ4n) is 2.22. The number of para-hydroxylation sites is 1. The van der Waals surface area contributed by atoms with Crippen LogP contribution < -0.4 is 5.32 Å². The zero-order valence-corrected chi connectivity index (χ0v) is 11.1. The van der Waals surface area contributed by atoms with Gasteiger partial charge in [0.1, 0.15) is 0 Å². The third kappa shape index (κ3) is 2.57. The fourth-order valence-corrected chi connectivity index (χ4v) is 2.22. The van der Waals surface area contributed by atoms with Gasteiger partial charge in [0.25, 0.3) is 5.91 Å². The Hall–Kier alpha value is -2.15. The lowest BCUT2D eigenvalue weighted by atomic mass is 9.80. The number of phenolic OH excluding ortho intramolecular Hbond substituents is 1. The molecule has 0 saturated heterocycles. The van der Waals surface area contributed by atoms with Crippen LogP contribution in [0.25, 0.3) is 0 Å². The summed E-state index contributed by atoms with van der Waals surface area (Å²) in [5.41, 5.74) is -0.932. The van der Waals surface area contributed by atoms with Crippen LogP contribution in [0.5, 0.6) is 5.75 Å². The van der Waals surface area contributed by atoms with Gasteiger partial charge in [0.05, 0.1) is 16.1 Å². The Balaban J connectivity index is 2.10. The van der Waals surface area contributed by atoms with Gasteiger partial charge >= 0.3 is 5.69 Å². The van der Waals surface area contributed by atoms with Gasteiger partial charge in [0.2, 0.25) is 5.75 Å². The molecular weight excluding hydrogens is 264 g/mol. The quantitative estimate of drug-likeness (QED) is 0.630. The number of amides is 1. The second kappa shape index (κ2) is 5.46. The number of ether oxygens (including phenoxy) is 1. The van der Waals surface area contributed by atoms with Gasteiger partial charge < -0.3 is 15.2 Å². The minimum Gasteiger partial charge on any atom is -0.502 e. The number of benzene rings is 1. The highest BCUT2D eigenvalue weighted by atomic mass is 16.6. The molecule has 0 heterocycles. The molecule has 7 nitrogen and oxygen atoms in total. The Kier molecular flexibility index (Phi) is 3.89.